The third-order valence-corrected chi connectivity index (χ3v) is 4.34. The van der Waals surface area contributed by atoms with Crippen LogP contribution in [-0.2, 0) is 13.1 Å². The molecular weight excluding hydrogens is 299 g/mol. The summed E-state index contributed by atoms with van der Waals surface area (Å²) in [6, 6.07) is 10.1. The van der Waals surface area contributed by atoms with Gasteiger partial charge in [-0.25, -0.2) is 0 Å². The highest BCUT2D eigenvalue weighted by Crippen LogP contribution is 2.29. The van der Waals surface area contributed by atoms with Crippen LogP contribution in [0.15, 0.2) is 30.3 Å². The highest BCUT2D eigenvalue weighted by atomic mass is 35.5. The van der Waals surface area contributed by atoms with Gasteiger partial charge in [0, 0.05) is 18.5 Å². The quantitative estimate of drug-likeness (QED) is 0.879. The number of rotatable bonds is 5. The summed E-state index contributed by atoms with van der Waals surface area (Å²) in [6.45, 7) is 1.63. The van der Waals surface area contributed by atoms with Gasteiger partial charge in [-0.05, 0) is 36.9 Å². The number of halogens is 2. The number of hydrogen-bond acceptors (Lipinski definition) is 3. The van der Waals surface area contributed by atoms with Crippen LogP contribution in [0.3, 0.4) is 0 Å². The second-order valence-corrected chi connectivity index (χ2v) is 6.58. The molecule has 0 aliphatic rings. The fourth-order valence-corrected chi connectivity index (χ4v) is 3.42. The van der Waals surface area contributed by atoms with Gasteiger partial charge in [-0.15, -0.1) is 11.3 Å². The summed E-state index contributed by atoms with van der Waals surface area (Å²) in [6.07, 6.45) is 0. The predicted molar refractivity (Wildman–Crippen MR) is 85.7 cm³/mol. The van der Waals surface area contributed by atoms with E-state index in [1.165, 1.54) is 10.4 Å². The standard InChI is InChI=1S/C14H16Cl2N2S/c1-17-8-10-3-5-13(12(15)7-10)18(2)9-11-4-6-14(16)19-11/h3-7,17H,8-9H2,1-2H3. The van der Waals surface area contributed by atoms with E-state index in [9.17, 15) is 0 Å². The first-order chi connectivity index (χ1) is 9.10. The molecule has 1 aromatic heterocycles. The number of nitrogens with zero attached hydrogens (tertiary/aromatic N) is 1. The van der Waals surface area contributed by atoms with Crippen LogP contribution in [0.4, 0.5) is 5.69 Å². The van der Waals surface area contributed by atoms with Crippen LogP contribution in [0.2, 0.25) is 9.36 Å². The van der Waals surface area contributed by atoms with Crippen LogP contribution >= 0.6 is 34.5 Å². The van der Waals surface area contributed by atoms with Crippen LogP contribution < -0.4 is 10.2 Å². The summed E-state index contributed by atoms with van der Waals surface area (Å²) in [5, 5.41) is 3.89. The lowest BCUT2D eigenvalue weighted by Gasteiger charge is -2.20. The normalized spacial score (nSPS) is 10.7. The lowest BCUT2D eigenvalue weighted by Crippen LogP contribution is -2.16. The van der Waals surface area contributed by atoms with Crippen molar-refractivity contribution in [2.45, 2.75) is 13.1 Å². The molecule has 2 nitrogen and oxygen atoms in total. The first kappa shape index (κ1) is 14.7. The molecule has 0 radical (unpaired) electrons. The summed E-state index contributed by atoms with van der Waals surface area (Å²) < 4.78 is 0.818. The molecule has 5 heteroatoms. The van der Waals surface area contributed by atoms with Crippen molar-refractivity contribution in [2.24, 2.45) is 0 Å². The third kappa shape index (κ3) is 3.86. The molecule has 0 aliphatic heterocycles. The molecule has 1 heterocycles. The molecule has 0 unspecified atom stereocenters. The first-order valence-electron chi connectivity index (χ1n) is 5.98. The van der Waals surface area contributed by atoms with Gasteiger partial charge in [0.1, 0.15) is 0 Å². The summed E-state index contributed by atoms with van der Waals surface area (Å²) in [5.74, 6) is 0. The van der Waals surface area contributed by atoms with Crippen molar-refractivity contribution < 1.29 is 0 Å². The molecule has 0 saturated carbocycles. The Morgan fingerprint density at radius 1 is 1.21 bits per heavy atom. The van der Waals surface area contributed by atoms with E-state index in [2.05, 4.69) is 22.3 Å². The van der Waals surface area contributed by atoms with Crippen molar-refractivity contribution >= 4 is 40.2 Å². The Labute approximate surface area is 128 Å². The number of thiophene rings is 1. The van der Waals surface area contributed by atoms with Gasteiger partial charge in [0.25, 0.3) is 0 Å². The molecule has 0 amide bonds. The summed E-state index contributed by atoms with van der Waals surface area (Å²) in [7, 11) is 3.96. The van der Waals surface area contributed by atoms with E-state index in [1.54, 1.807) is 11.3 Å². The number of anilines is 1. The third-order valence-electron chi connectivity index (χ3n) is 2.83. The predicted octanol–water partition coefficient (Wildman–Crippen LogP) is 4.41. The maximum atomic E-state index is 6.34. The number of nitrogens with one attached hydrogen (secondary N) is 1. The van der Waals surface area contributed by atoms with Crippen LogP contribution in [-0.4, -0.2) is 14.1 Å². The number of hydrogen-bond donors (Lipinski definition) is 1. The molecular formula is C14H16Cl2N2S. The van der Waals surface area contributed by atoms with E-state index in [-0.39, 0.29) is 0 Å². The highest BCUT2D eigenvalue weighted by Gasteiger charge is 2.09. The largest absolute Gasteiger partial charge is 0.368 e. The Bertz CT molecular complexity index is 554. The minimum Gasteiger partial charge on any atom is -0.368 e. The zero-order chi connectivity index (χ0) is 13.8. The zero-order valence-electron chi connectivity index (χ0n) is 10.9. The molecule has 0 saturated heterocycles. The van der Waals surface area contributed by atoms with Crippen molar-refractivity contribution in [3.8, 4) is 0 Å². The fraction of sp³-hybridized carbons (Fsp3) is 0.286. The van der Waals surface area contributed by atoms with Crippen LogP contribution in [0.25, 0.3) is 0 Å². The first-order valence-corrected chi connectivity index (χ1v) is 7.56. The van der Waals surface area contributed by atoms with Gasteiger partial charge < -0.3 is 10.2 Å². The maximum Gasteiger partial charge on any atom is 0.0931 e. The van der Waals surface area contributed by atoms with Crippen molar-refractivity contribution in [1.82, 2.24) is 5.32 Å². The van der Waals surface area contributed by atoms with E-state index in [1.807, 2.05) is 32.3 Å². The molecule has 19 heavy (non-hydrogen) atoms. The van der Waals surface area contributed by atoms with Gasteiger partial charge in [0.15, 0.2) is 0 Å². The van der Waals surface area contributed by atoms with Crippen molar-refractivity contribution in [3.63, 3.8) is 0 Å². The van der Waals surface area contributed by atoms with Gasteiger partial charge in [-0.1, -0.05) is 29.3 Å². The molecule has 0 spiro atoms. The van der Waals surface area contributed by atoms with E-state index in [0.29, 0.717) is 0 Å². The summed E-state index contributed by atoms with van der Waals surface area (Å²) in [5.41, 5.74) is 2.22. The minimum absolute atomic E-state index is 0.776. The Morgan fingerprint density at radius 2 is 2.00 bits per heavy atom. The van der Waals surface area contributed by atoms with Crippen LogP contribution in [0.1, 0.15) is 10.4 Å². The Balaban J connectivity index is 2.12. The van der Waals surface area contributed by atoms with E-state index < -0.39 is 0 Å². The maximum absolute atomic E-state index is 6.34. The SMILES string of the molecule is CNCc1ccc(N(C)Cc2ccc(Cl)s2)c(Cl)c1. The van der Waals surface area contributed by atoms with Gasteiger partial charge in [0.05, 0.1) is 21.6 Å². The molecule has 2 aromatic rings. The number of benzene rings is 1. The Hall–Kier alpha value is -0.740. The van der Waals surface area contributed by atoms with Gasteiger partial charge in [-0.2, -0.15) is 0 Å². The average molecular weight is 315 g/mol. The van der Waals surface area contributed by atoms with E-state index >= 15 is 0 Å². The van der Waals surface area contributed by atoms with Crippen molar-refractivity contribution in [1.29, 1.82) is 0 Å². The van der Waals surface area contributed by atoms with Crippen LogP contribution in [0.5, 0.6) is 0 Å². The molecule has 1 aromatic carbocycles. The Kier molecular flexibility index (Phi) is 5.11. The molecule has 0 atom stereocenters. The Morgan fingerprint density at radius 3 is 2.58 bits per heavy atom. The summed E-state index contributed by atoms with van der Waals surface area (Å²) in [4.78, 5) is 3.36. The van der Waals surface area contributed by atoms with Crippen molar-refractivity contribution in [2.75, 3.05) is 19.0 Å². The van der Waals surface area contributed by atoms with Gasteiger partial charge >= 0.3 is 0 Å². The second kappa shape index (κ2) is 6.62. The molecule has 2 rings (SSSR count). The average Bonchev–Trinajstić information content (AvgIpc) is 2.75. The molecule has 0 aliphatic carbocycles. The van der Waals surface area contributed by atoms with Crippen LogP contribution in [0, 0.1) is 0 Å². The minimum atomic E-state index is 0.776. The smallest absolute Gasteiger partial charge is 0.0931 e. The van der Waals surface area contributed by atoms with E-state index in [4.69, 9.17) is 23.2 Å². The monoisotopic (exact) mass is 314 g/mol. The molecule has 0 fully saturated rings. The van der Waals surface area contributed by atoms with Crippen molar-refractivity contribution in [3.05, 3.63) is 50.1 Å². The zero-order valence-corrected chi connectivity index (χ0v) is 13.2. The fourth-order valence-electron chi connectivity index (χ4n) is 1.93. The molecule has 102 valence electrons. The van der Waals surface area contributed by atoms with Gasteiger partial charge in [-0.3, -0.25) is 0 Å². The highest BCUT2D eigenvalue weighted by molar-refractivity contribution is 7.16. The lowest BCUT2D eigenvalue weighted by molar-refractivity contribution is 0.817. The molecule has 0 bridgehead atoms. The second-order valence-electron chi connectivity index (χ2n) is 4.38. The van der Waals surface area contributed by atoms with Gasteiger partial charge in [0.2, 0.25) is 0 Å². The molecule has 1 N–H and O–H groups in total. The summed E-state index contributed by atoms with van der Waals surface area (Å²) >= 11 is 13.9. The lowest BCUT2D eigenvalue weighted by atomic mass is 10.2. The van der Waals surface area contributed by atoms with E-state index in [0.717, 1.165) is 28.1 Å². The topological polar surface area (TPSA) is 15.3 Å².